The first-order valence-corrected chi connectivity index (χ1v) is 6.15. The van der Waals surface area contributed by atoms with Crippen molar-refractivity contribution in [2.24, 2.45) is 0 Å². The van der Waals surface area contributed by atoms with Crippen LogP contribution in [0.25, 0.3) is 6.08 Å². The van der Waals surface area contributed by atoms with E-state index < -0.39 is 5.97 Å². The monoisotopic (exact) mass is 312 g/mol. The second kappa shape index (κ2) is 6.96. The maximum absolute atomic E-state index is 11.1. The van der Waals surface area contributed by atoms with E-state index in [1.165, 1.54) is 13.0 Å². The van der Waals surface area contributed by atoms with E-state index in [2.05, 4.69) is 15.9 Å². The Morgan fingerprint density at radius 3 is 2.67 bits per heavy atom. The summed E-state index contributed by atoms with van der Waals surface area (Å²) in [7, 11) is 0. The largest absolute Gasteiger partial charge is 0.463 e. The van der Waals surface area contributed by atoms with Gasteiger partial charge in [0.1, 0.15) is 5.75 Å². The van der Waals surface area contributed by atoms with Crippen molar-refractivity contribution >= 4 is 33.9 Å². The highest BCUT2D eigenvalue weighted by molar-refractivity contribution is 9.10. The second-order valence-corrected chi connectivity index (χ2v) is 4.22. The Hall–Kier alpha value is -1.62. The molecule has 0 fully saturated rings. The lowest BCUT2D eigenvalue weighted by Crippen LogP contribution is -2.01. The lowest BCUT2D eigenvalue weighted by Gasteiger charge is -2.04. The van der Waals surface area contributed by atoms with E-state index in [4.69, 9.17) is 9.47 Å². The van der Waals surface area contributed by atoms with Crippen LogP contribution >= 0.6 is 15.9 Å². The van der Waals surface area contributed by atoms with Crippen LogP contribution < -0.4 is 4.74 Å². The minimum atomic E-state index is -0.391. The summed E-state index contributed by atoms with van der Waals surface area (Å²) in [6.07, 6.45) is 2.97. The lowest BCUT2D eigenvalue weighted by molar-refractivity contribution is -0.137. The van der Waals surface area contributed by atoms with Gasteiger partial charge < -0.3 is 9.47 Å². The predicted octanol–water partition coefficient (Wildman–Crippen LogP) is 2.95. The number of ether oxygens (including phenoxy) is 2. The van der Waals surface area contributed by atoms with E-state index in [1.54, 1.807) is 31.2 Å². The highest BCUT2D eigenvalue weighted by Crippen LogP contribution is 2.26. The molecule has 0 atom stereocenters. The predicted molar refractivity (Wildman–Crippen MR) is 71.1 cm³/mol. The average molecular weight is 313 g/mol. The van der Waals surface area contributed by atoms with Crippen molar-refractivity contribution in [1.82, 2.24) is 0 Å². The average Bonchev–Trinajstić information content (AvgIpc) is 2.29. The molecular weight excluding hydrogens is 300 g/mol. The van der Waals surface area contributed by atoms with Gasteiger partial charge in [0.05, 0.1) is 11.1 Å². The van der Waals surface area contributed by atoms with Crippen molar-refractivity contribution in [2.45, 2.75) is 13.8 Å². The van der Waals surface area contributed by atoms with Crippen LogP contribution in [0.4, 0.5) is 0 Å². The molecule has 1 rings (SSSR count). The molecule has 0 saturated heterocycles. The van der Waals surface area contributed by atoms with E-state index in [0.717, 1.165) is 5.56 Å². The van der Waals surface area contributed by atoms with E-state index in [-0.39, 0.29) is 5.97 Å². The minimum Gasteiger partial charge on any atom is -0.463 e. The molecule has 0 unspecified atom stereocenters. The molecule has 0 radical (unpaired) electrons. The third-order valence-electron chi connectivity index (χ3n) is 1.91. The molecule has 0 saturated carbocycles. The van der Waals surface area contributed by atoms with E-state index in [0.29, 0.717) is 16.8 Å². The van der Waals surface area contributed by atoms with Crippen LogP contribution in [-0.2, 0) is 14.3 Å². The second-order valence-electron chi connectivity index (χ2n) is 3.37. The number of benzene rings is 1. The van der Waals surface area contributed by atoms with Gasteiger partial charge in [-0.3, -0.25) is 4.79 Å². The van der Waals surface area contributed by atoms with Gasteiger partial charge in [0, 0.05) is 13.0 Å². The van der Waals surface area contributed by atoms with Crippen LogP contribution in [0.2, 0.25) is 0 Å². The molecule has 5 heteroatoms. The molecular formula is C13H13BrO4. The van der Waals surface area contributed by atoms with Gasteiger partial charge in [-0.25, -0.2) is 4.79 Å². The zero-order valence-electron chi connectivity index (χ0n) is 10.1. The molecule has 1 aromatic rings. The standard InChI is InChI=1S/C13H13BrO4/c1-3-17-13(16)7-5-10-4-6-12(11(14)8-10)18-9(2)15/h4-8H,3H2,1-2H3. The molecule has 1 aromatic carbocycles. The minimum absolute atomic E-state index is 0.345. The Morgan fingerprint density at radius 1 is 1.39 bits per heavy atom. The molecule has 0 aliphatic heterocycles. The van der Waals surface area contributed by atoms with Crippen LogP contribution in [0.3, 0.4) is 0 Å². The Labute approximate surface area is 114 Å². The van der Waals surface area contributed by atoms with Crippen LogP contribution in [0.1, 0.15) is 19.4 Å². The summed E-state index contributed by atoms with van der Waals surface area (Å²) in [4.78, 5) is 21.9. The molecule has 96 valence electrons. The fraction of sp³-hybridized carbons (Fsp3) is 0.231. The summed E-state index contributed by atoms with van der Waals surface area (Å²) in [6.45, 7) is 3.43. The van der Waals surface area contributed by atoms with Gasteiger partial charge in [0.2, 0.25) is 0 Å². The molecule has 0 heterocycles. The molecule has 0 aliphatic carbocycles. The van der Waals surface area contributed by atoms with Crippen molar-refractivity contribution in [1.29, 1.82) is 0 Å². The first kappa shape index (κ1) is 14.4. The summed E-state index contributed by atoms with van der Waals surface area (Å²) in [5.41, 5.74) is 0.797. The summed E-state index contributed by atoms with van der Waals surface area (Å²) < 4.78 is 10.4. The number of esters is 2. The van der Waals surface area contributed by atoms with Gasteiger partial charge >= 0.3 is 11.9 Å². The number of hydrogen-bond acceptors (Lipinski definition) is 4. The molecule has 4 nitrogen and oxygen atoms in total. The molecule has 18 heavy (non-hydrogen) atoms. The molecule has 0 aromatic heterocycles. The van der Waals surface area contributed by atoms with Gasteiger partial charge in [-0.1, -0.05) is 6.07 Å². The van der Waals surface area contributed by atoms with Crippen LogP contribution in [0.5, 0.6) is 5.75 Å². The first-order valence-electron chi connectivity index (χ1n) is 5.35. The zero-order valence-corrected chi connectivity index (χ0v) is 11.7. The van der Waals surface area contributed by atoms with Crippen molar-refractivity contribution in [2.75, 3.05) is 6.61 Å². The summed E-state index contributed by atoms with van der Waals surface area (Å²) in [5, 5.41) is 0. The van der Waals surface area contributed by atoms with Gasteiger partial charge in [-0.05, 0) is 46.6 Å². The van der Waals surface area contributed by atoms with E-state index in [1.807, 2.05) is 0 Å². The van der Waals surface area contributed by atoms with E-state index in [9.17, 15) is 9.59 Å². The normalized spacial score (nSPS) is 10.4. The maximum atomic E-state index is 11.1. The first-order chi connectivity index (χ1) is 8.52. The van der Waals surface area contributed by atoms with E-state index >= 15 is 0 Å². The SMILES string of the molecule is CCOC(=O)C=Cc1ccc(OC(C)=O)c(Br)c1. The van der Waals surface area contributed by atoms with Crippen LogP contribution in [0.15, 0.2) is 28.7 Å². The summed E-state index contributed by atoms with van der Waals surface area (Å²) >= 11 is 3.29. The molecule has 0 spiro atoms. The van der Waals surface area contributed by atoms with Crippen molar-refractivity contribution in [3.8, 4) is 5.75 Å². The number of hydrogen-bond donors (Lipinski definition) is 0. The number of halogens is 1. The highest BCUT2D eigenvalue weighted by Gasteiger charge is 2.04. The van der Waals surface area contributed by atoms with Crippen LogP contribution in [0, 0.1) is 0 Å². The maximum Gasteiger partial charge on any atom is 0.330 e. The molecule has 0 amide bonds. The smallest absolute Gasteiger partial charge is 0.330 e. The number of carbonyl (C=O) groups is 2. The molecule has 0 N–H and O–H groups in total. The number of rotatable bonds is 4. The van der Waals surface area contributed by atoms with Crippen molar-refractivity contribution in [3.63, 3.8) is 0 Å². The summed E-state index contributed by atoms with van der Waals surface area (Å²) in [6, 6.07) is 5.13. The van der Waals surface area contributed by atoms with Gasteiger partial charge in [-0.2, -0.15) is 0 Å². The third kappa shape index (κ3) is 4.71. The fourth-order valence-electron chi connectivity index (χ4n) is 1.21. The number of carbonyl (C=O) groups excluding carboxylic acids is 2. The Morgan fingerprint density at radius 2 is 2.11 bits per heavy atom. The molecule has 0 bridgehead atoms. The summed E-state index contributed by atoms with van der Waals surface area (Å²) in [5.74, 6) is -0.334. The zero-order chi connectivity index (χ0) is 13.5. The quantitative estimate of drug-likeness (QED) is 0.487. The van der Waals surface area contributed by atoms with Gasteiger partial charge in [-0.15, -0.1) is 0 Å². The third-order valence-corrected chi connectivity index (χ3v) is 2.53. The van der Waals surface area contributed by atoms with Crippen molar-refractivity contribution < 1.29 is 19.1 Å². The Kier molecular flexibility index (Phi) is 5.58. The fourth-order valence-corrected chi connectivity index (χ4v) is 1.69. The highest BCUT2D eigenvalue weighted by atomic mass is 79.9. The van der Waals surface area contributed by atoms with Gasteiger partial charge in [0.15, 0.2) is 0 Å². The lowest BCUT2D eigenvalue weighted by atomic mass is 10.2. The van der Waals surface area contributed by atoms with Gasteiger partial charge in [0.25, 0.3) is 0 Å². The Bertz CT molecular complexity index is 480. The van der Waals surface area contributed by atoms with Crippen molar-refractivity contribution in [3.05, 3.63) is 34.3 Å². The topological polar surface area (TPSA) is 52.6 Å². The molecule has 0 aliphatic rings. The Balaban J connectivity index is 2.78. The van der Waals surface area contributed by atoms with Crippen LogP contribution in [-0.4, -0.2) is 18.5 Å².